The van der Waals surface area contributed by atoms with Gasteiger partial charge in [-0.05, 0) is 55.7 Å². The third-order valence-corrected chi connectivity index (χ3v) is 4.48. The topological polar surface area (TPSA) is 98.1 Å². The van der Waals surface area contributed by atoms with Gasteiger partial charge < -0.3 is 4.74 Å². The molecule has 0 unspecified atom stereocenters. The predicted molar refractivity (Wildman–Crippen MR) is 113 cm³/mol. The summed E-state index contributed by atoms with van der Waals surface area (Å²) < 4.78 is 6.99. The summed E-state index contributed by atoms with van der Waals surface area (Å²) in [6, 6.07) is 14.5. The molecule has 0 bridgehead atoms. The molecule has 3 rings (SSSR count). The lowest BCUT2D eigenvalue weighted by atomic mass is 10.0. The van der Waals surface area contributed by atoms with Gasteiger partial charge in [-0.15, -0.1) is 5.10 Å². The van der Waals surface area contributed by atoms with Crippen LogP contribution in [0.15, 0.2) is 48.5 Å². The van der Waals surface area contributed by atoms with E-state index in [1.165, 1.54) is 0 Å². The van der Waals surface area contributed by atoms with Crippen molar-refractivity contribution in [3.8, 4) is 11.4 Å². The number of aromatic nitrogens is 3. The van der Waals surface area contributed by atoms with Crippen molar-refractivity contribution in [3.63, 3.8) is 0 Å². The SMILES string of the molecule is CCOc1ccc(C(=O)NNC(=O)c2nc(C)n(-c3ccccc3C(C)C)n2)cc1. The van der Waals surface area contributed by atoms with E-state index < -0.39 is 11.8 Å². The molecule has 8 nitrogen and oxygen atoms in total. The van der Waals surface area contributed by atoms with Gasteiger partial charge in [0.25, 0.3) is 5.91 Å². The lowest BCUT2D eigenvalue weighted by Gasteiger charge is -2.12. The normalized spacial score (nSPS) is 10.7. The number of nitrogens with one attached hydrogen (secondary N) is 2. The molecule has 0 fully saturated rings. The standard InChI is InChI=1S/C22H25N5O3/c1-5-30-17-12-10-16(11-13-17)21(28)24-25-22(29)20-23-15(4)27(26-20)19-9-7-6-8-18(19)14(2)3/h6-14H,5H2,1-4H3,(H,24,28)(H,25,29). The Bertz CT molecular complexity index is 1040. The summed E-state index contributed by atoms with van der Waals surface area (Å²) in [4.78, 5) is 28.9. The summed E-state index contributed by atoms with van der Waals surface area (Å²) in [6.45, 7) is 8.39. The second-order valence-corrected chi connectivity index (χ2v) is 6.97. The van der Waals surface area contributed by atoms with E-state index in [1.807, 2.05) is 31.2 Å². The summed E-state index contributed by atoms with van der Waals surface area (Å²) in [5, 5.41) is 4.33. The van der Waals surface area contributed by atoms with Gasteiger partial charge in [0.15, 0.2) is 0 Å². The van der Waals surface area contributed by atoms with Crippen molar-refractivity contribution in [2.24, 2.45) is 0 Å². The number of hydrogen-bond donors (Lipinski definition) is 2. The van der Waals surface area contributed by atoms with Crippen LogP contribution in [0.2, 0.25) is 0 Å². The Morgan fingerprint density at radius 2 is 1.70 bits per heavy atom. The maximum Gasteiger partial charge on any atom is 0.309 e. The smallest absolute Gasteiger partial charge is 0.309 e. The van der Waals surface area contributed by atoms with Crippen LogP contribution in [0.1, 0.15) is 59.1 Å². The molecule has 30 heavy (non-hydrogen) atoms. The summed E-state index contributed by atoms with van der Waals surface area (Å²) in [7, 11) is 0. The summed E-state index contributed by atoms with van der Waals surface area (Å²) in [5.74, 6) is 0.454. The first-order chi connectivity index (χ1) is 14.4. The van der Waals surface area contributed by atoms with Crippen LogP contribution < -0.4 is 15.6 Å². The average Bonchev–Trinajstić information content (AvgIpc) is 3.14. The minimum Gasteiger partial charge on any atom is -0.494 e. The molecule has 1 heterocycles. The zero-order valence-electron chi connectivity index (χ0n) is 17.5. The van der Waals surface area contributed by atoms with Crippen LogP contribution in [0.5, 0.6) is 5.75 Å². The van der Waals surface area contributed by atoms with Crippen LogP contribution in [0.25, 0.3) is 5.69 Å². The molecule has 2 N–H and O–H groups in total. The average molecular weight is 407 g/mol. The van der Waals surface area contributed by atoms with Gasteiger partial charge in [0.05, 0.1) is 12.3 Å². The zero-order valence-corrected chi connectivity index (χ0v) is 17.5. The minimum absolute atomic E-state index is 0.0296. The Hall–Kier alpha value is -3.68. The monoisotopic (exact) mass is 407 g/mol. The molecule has 0 aliphatic carbocycles. The number of hydrogen-bond acceptors (Lipinski definition) is 5. The van der Waals surface area contributed by atoms with E-state index >= 15 is 0 Å². The molecule has 156 valence electrons. The predicted octanol–water partition coefficient (Wildman–Crippen LogP) is 3.17. The highest BCUT2D eigenvalue weighted by atomic mass is 16.5. The van der Waals surface area contributed by atoms with Crippen LogP contribution >= 0.6 is 0 Å². The van der Waals surface area contributed by atoms with Gasteiger partial charge >= 0.3 is 5.91 Å². The molecule has 0 radical (unpaired) electrons. The van der Waals surface area contributed by atoms with Crippen molar-refractivity contribution in [1.82, 2.24) is 25.6 Å². The molecular weight excluding hydrogens is 382 g/mol. The van der Waals surface area contributed by atoms with E-state index in [2.05, 4.69) is 34.8 Å². The number of ether oxygens (including phenoxy) is 1. The van der Waals surface area contributed by atoms with E-state index in [-0.39, 0.29) is 11.7 Å². The zero-order chi connectivity index (χ0) is 21.7. The number of para-hydroxylation sites is 1. The van der Waals surface area contributed by atoms with Gasteiger partial charge in [-0.2, -0.15) is 0 Å². The van der Waals surface area contributed by atoms with Crippen molar-refractivity contribution in [1.29, 1.82) is 0 Å². The maximum absolute atomic E-state index is 12.5. The van der Waals surface area contributed by atoms with E-state index in [0.717, 1.165) is 11.3 Å². The molecule has 0 saturated heterocycles. The first kappa shape index (κ1) is 21.0. The molecule has 0 saturated carbocycles. The third-order valence-electron chi connectivity index (χ3n) is 4.48. The largest absolute Gasteiger partial charge is 0.494 e. The van der Waals surface area contributed by atoms with Gasteiger partial charge in [-0.25, -0.2) is 9.67 Å². The lowest BCUT2D eigenvalue weighted by Crippen LogP contribution is -2.42. The second kappa shape index (κ2) is 9.21. The Morgan fingerprint density at radius 3 is 2.37 bits per heavy atom. The molecule has 2 amide bonds. The molecule has 1 aromatic heterocycles. The first-order valence-electron chi connectivity index (χ1n) is 9.77. The highest BCUT2D eigenvalue weighted by Gasteiger charge is 2.18. The fraction of sp³-hybridized carbons (Fsp3) is 0.273. The fourth-order valence-corrected chi connectivity index (χ4v) is 2.99. The van der Waals surface area contributed by atoms with Crippen LogP contribution in [0, 0.1) is 6.92 Å². The number of hydrazine groups is 1. The number of nitrogens with zero attached hydrogens (tertiary/aromatic N) is 3. The quantitative estimate of drug-likeness (QED) is 0.612. The van der Waals surface area contributed by atoms with E-state index in [9.17, 15) is 9.59 Å². The number of amides is 2. The number of carbonyl (C=O) groups is 2. The maximum atomic E-state index is 12.5. The van der Waals surface area contributed by atoms with E-state index in [0.29, 0.717) is 23.7 Å². The van der Waals surface area contributed by atoms with Crippen LogP contribution in [-0.4, -0.2) is 33.2 Å². The molecule has 0 atom stereocenters. The molecule has 2 aromatic carbocycles. The lowest BCUT2D eigenvalue weighted by molar-refractivity contribution is 0.0841. The fourth-order valence-electron chi connectivity index (χ4n) is 2.99. The van der Waals surface area contributed by atoms with Crippen LogP contribution in [-0.2, 0) is 0 Å². The van der Waals surface area contributed by atoms with Gasteiger partial charge in [-0.1, -0.05) is 32.0 Å². The van der Waals surface area contributed by atoms with Crippen molar-refractivity contribution >= 4 is 11.8 Å². The third kappa shape index (κ3) is 4.65. The molecule has 0 spiro atoms. The number of aryl methyl sites for hydroxylation is 1. The van der Waals surface area contributed by atoms with Gasteiger partial charge in [0.1, 0.15) is 11.6 Å². The van der Waals surface area contributed by atoms with E-state index in [4.69, 9.17) is 4.74 Å². The molecule has 0 aliphatic heterocycles. The number of rotatable bonds is 6. The first-order valence-corrected chi connectivity index (χ1v) is 9.77. The highest BCUT2D eigenvalue weighted by Crippen LogP contribution is 2.23. The van der Waals surface area contributed by atoms with Gasteiger partial charge in [0.2, 0.25) is 5.82 Å². The second-order valence-electron chi connectivity index (χ2n) is 6.97. The van der Waals surface area contributed by atoms with E-state index in [1.54, 1.807) is 35.9 Å². The number of benzene rings is 2. The van der Waals surface area contributed by atoms with Crippen molar-refractivity contribution in [2.75, 3.05) is 6.61 Å². The van der Waals surface area contributed by atoms with Gasteiger partial charge in [-0.3, -0.25) is 20.4 Å². The summed E-state index contributed by atoms with van der Waals surface area (Å²) >= 11 is 0. The van der Waals surface area contributed by atoms with Crippen molar-refractivity contribution in [2.45, 2.75) is 33.6 Å². The van der Waals surface area contributed by atoms with Crippen molar-refractivity contribution in [3.05, 3.63) is 71.3 Å². The van der Waals surface area contributed by atoms with Crippen LogP contribution in [0.4, 0.5) is 0 Å². The molecule has 0 aliphatic rings. The minimum atomic E-state index is -0.599. The van der Waals surface area contributed by atoms with Gasteiger partial charge in [0, 0.05) is 5.56 Å². The summed E-state index contributed by atoms with van der Waals surface area (Å²) in [5.41, 5.74) is 7.09. The molecule has 8 heteroatoms. The Kier molecular flexibility index (Phi) is 6.46. The van der Waals surface area contributed by atoms with Crippen LogP contribution in [0.3, 0.4) is 0 Å². The molecule has 3 aromatic rings. The van der Waals surface area contributed by atoms with Crippen molar-refractivity contribution < 1.29 is 14.3 Å². The highest BCUT2D eigenvalue weighted by molar-refractivity contribution is 5.97. The summed E-state index contributed by atoms with van der Waals surface area (Å²) in [6.07, 6.45) is 0. The Morgan fingerprint density at radius 1 is 1.03 bits per heavy atom. The molecular formula is C22H25N5O3. The Balaban J connectivity index is 1.70. The Labute approximate surface area is 175 Å². The number of carbonyl (C=O) groups excluding carboxylic acids is 2.